The van der Waals surface area contributed by atoms with Crippen LogP contribution in [-0.2, 0) is 4.74 Å². The van der Waals surface area contributed by atoms with Crippen LogP contribution < -0.4 is 4.74 Å². The first kappa shape index (κ1) is 19.7. The lowest BCUT2D eigenvalue weighted by Gasteiger charge is -2.10. The van der Waals surface area contributed by atoms with Crippen molar-refractivity contribution in [3.8, 4) is 16.9 Å². The van der Waals surface area contributed by atoms with Gasteiger partial charge in [-0.1, -0.05) is 53.5 Å². The van der Waals surface area contributed by atoms with Crippen LogP contribution in [0.1, 0.15) is 17.2 Å². The van der Waals surface area contributed by atoms with Crippen molar-refractivity contribution in [2.24, 2.45) is 4.99 Å². The summed E-state index contributed by atoms with van der Waals surface area (Å²) >= 11 is 12.4. The molecule has 1 unspecified atom stereocenters. The Hall–Kier alpha value is -2.63. The maximum atomic E-state index is 14.0. The van der Waals surface area contributed by atoms with Crippen LogP contribution in [0.15, 0.2) is 59.6 Å². The molecule has 0 aliphatic carbocycles. The molecular formula is C22H15Cl2F2NO2. The molecule has 0 saturated carbocycles. The van der Waals surface area contributed by atoms with Gasteiger partial charge in [-0.15, -0.1) is 0 Å². The number of aliphatic imine (C=N–C) groups is 1. The number of hydrogen-bond acceptors (Lipinski definition) is 3. The normalized spacial score (nSPS) is 15.8. The lowest BCUT2D eigenvalue weighted by atomic mass is 10.0. The van der Waals surface area contributed by atoms with Crippen molar-refractivity contribution in [1.29, 1.82) is 0 Å². The first-order valence-electron chi connectivity index (χ1n) is 8.76. The predicted molar refractivity (Wildman–Crippen MR) is 110 cm³/mol. The third-order valence-electron chi connectivity index (χ3n) is 4.66. The molecule has 29 heavy (non-hydrogen) atoms. The second-order valence-electron chi connectivity index (χ2n) is 6.45. The summed E-state index contributed by atoms with van der Waals surface area (Å²) < 4.78 is 38.6. The van der Waals surface area contributed by atoms with E-state index in [-0.39, 0.29) is 24.1 Å². The maximum absolute atomic E-state index is 14.0. The van der Waals surface area contributed by atoms with Gasteiger partial charge in [-0.2, -0.15) is 0 Å². The van der Waals surface area contributed by atoms with Crippen LogP contribution in [-0.4, -0.2) is 19.6 Å². The number of ether oxygens (including phenoxy) is 2. The molecule has 1 aliphatic rings. The molecule has 1 heterocycles. The van der Waals surface area contributed by atoms with Crippen LogP contribution in [0.5, 0.6) is 5.75 Å². The van der Waals surface area contributed by atoms with Gasteiger partial charge in [0.1, 0.15) is 29.8 Å². The van der Waals surface area contributed by atoms with Crippen molar-refractivity contribution in [3.63, 3.8) is 0 Å². The number of methoxy groups -OCH3 is 1. The molecule has 0 radical (unpaired) electrons. The fourth-order valence-corrected chi connectivity index (χ4v) is 3.84. The van der Waals surface area contributed by atoms with Gasteiger partial charge in [0, 0.05) is 0 Å². The van der Waals surface area contributed by atoms with E-state index >= 15 is 0 Å². The van der Waals surface area contributed by atoms with E-state index < -0.39 is 11.6 Å². The van der Waals surface area contributed by atoms with Crippen molar-refractivity contribution >= 4 is 29.1 Å². The van der Waals surface area contributed by atoms with Gasteiger partial charge in [-0.3, -0.25) is 0 Å². The monoisotopic (exact) mass is 433 g/mol. The van der Waals surface area contributed by atoms with E-state index in [9.17, 15) is 8.78 Å². The van der Waals surface area contributed by atoms with E-state index in [1.807, 2.05) is 24.3 Å². The van der Waals surface area contributed by atoms with Gasteiger partial charge in [0.15, 0.2) is 5.75 Å². The summed E-state index contributed by atoms with van der Waals surface area (Å²) in [5.74, 6) is -0.997. The van der Waals surface area contributed by atoms with Crippen molar-refractivity contribution in [2.75, 3.05) is 13.7 Å². The van der Waals surface area contributed by atoms with Gasteiger partial charge in [0.05, 0.1) is 17.2 Å². The van der Waals surface area contributed by atoms with Crippen molar-refractivity contribution in [2.45, 2.75) is 6.04 Å². The third kappa shape index (κ3) is 3.80. The van der Waals surface area contributed by atoms with Gasteiger partial charge in [-0.05, 0) is 41.0 Å². The molecule has 0 fully saturated rings. The van der Waals surface area contributed by atoms with Crippen LogP contribution in [0.2, 0.25) is 10.0 Å². The van der Waals surface area contributed by atoms with Crippen LogP contribution in [0, 0.1) is 11.6 Å². The summed E-state index contributed by atoms with van der Waals surface area (Å²) in [5, 5.41) is 0.842. The van der Waals surface area contributed by atoms with Crippen LogP contribution >= 0.6 is 23.2 Å². The zero-order valence-corrected chi connectivity index (χ0v) is 16.8. The van der Waals surface area contributed by atoms with E-state index in [1.165, 1.54) is 25.3 Å². The average Bonchev–Trinajstić information content (AvgIpc) is 3.17. The van der Waals surface area contributed by atoms with E-state index in [1.54, 1.807) is 12.1 Å². The minimum Gasteiger partial charge on any atom is -0.494 e. The first-order valence-corrected chi connectivity index (χ1v) is 9.52. The smallest absolute Gasteiger partial charge is 0.222 e. The third-order valence-corrected chi connectivity index (χ3v) is 5.22. The van der Waals surface area contributed by atoms with Crippen molar-refractivity contribution in [3.05, 3.63) is 87.4 Å². The number of halogens is 4. The summed E-state index contributed by atoms with van der Waals surface area (Å²) in [6.45, 7) is 0.211. The molecule has 3 aromatic carbocycles. The Bertz CT molecular complexity index is 1060. The van der Waals surface area contributed by atoms with Crippen molar-refractivity contribution < 1.29 is 18.3 Å². The highest BCUT2D eigenvalue weighted by Gasteiger charge is 2.26. The largest absolute Gasteiger partial charge is 0.494 e. The second-order valence-corrected chi connectivity index (χ2v) is 7.27. The van der Waals surface area contributed by atoms with Gasteiger partial charge in [0.25, 0.3) is 0 Å². The first-order chi connectivity index (χ1) is 14.0. The Morgan fingerprint density at radius 1 is 0.966 bits per heavy atom. The molecule has 4 rings (SSSR count). The van der Waals surface area contributed by atoms with E-state index in [0.29, 0.717) is 15.8 Å². The number of rotatable bonds is 4. The topological polar surface area (TPSA) is 30.8 Å². The molecule has 1 atom stereocenters. The Morgan fingerprint density at radius 2 is 1.59 bits per heavy atom. The zero-order valence-electron chi connectivity index (χ0n) is 15.3. The molecule has 3 nitrogen and oxygen atoms in total. The molecule has 1 aliphatic heterocycles. The van der Waals surface area contributed by atoms with Gasteiger partial charge < -0.3 is 9.47 Å². The summed E-state index contributed by atoms with van der Waals surface area (Å²) in [6, 6.07) is 14.4. The SMILES string of the molecule is COc1c(Cl)cc(-c2ccc(C3COC(c4c(F)cccc4F)=N3)cc2)cc1Cl. The molecule has 0 bridgehead atoms. The lowest BCUT2D eigenvalue weighted by molar-refractivity contribution is 0.317. The molecule has 7 heteroatoms. The summed E-state index contributed by atoms with van der Waals surface area (Å²) in [6.07, 6.45) is 0. The van der Waals surface area contributed by atoms with Crippen LogP contribution in [0.3, 0.4) is 0 Å². The lowest BCUT2D eigenvalue weighted by Crippen LogP contribution is -2.07. The van der Waals surface area contributed by atoms with Crippen molar-refractivity contribution in [1.82, 2.24) is 0 Å². The molecule has 3 aromatic rings. The molecule has 0 N–H and O–H groups in total. The summed E-state index contributed by atoms with van der Waals surface area (Å²) in [5.41, 5.74) is 2.37. The van der Waals surface area contributed by atoms with E-state index in [2.05, 4.69) is 4.99 Å². The standard InChI is InChI=1S/C22H15Cl2F2NO2/c1-28-21-15(23)9-14(10-16(21)24)12-5-7-13(8-6-12)19-11-29-22(27-19)20-17(25)3-2-4-18(20)26/h2-10,19H,11H2,1H3. The minimum absolute atomic E-state index is 0.0246. The van der Waals surface area contributed by atoms with Crippen LogP contribution in [0.25, 0.3) is 11.1 Å². The van der Waals surface area contributed by atoms with Crippen LogP contribution in [0.4, 0.5) is 8.78 Å². The average molecular weight is 434 g/mol. The molecule has 148 valence electrons. The second kappa shape index (κ2) is 8.01. The Morgan fingerprint density at radius 3 is 2.17 bits per heavy atom. The quantitative estimate of drug-likeness (QED) is 0.472. The minimum atomic E-state index is -0.701. The predicted octanol–water partition coefficient (Wildman–Crippen LogP) is 6.47. The molecule has 0 saturated heterocycles. The van der Waals surface area contributed by atoms with Gasteiger partial charge in [-0.25, -0.2) is 13.8 Å². The maximum Gasteiger partial charge on any atom is 0.222 e. The fraction of sp³-hybridized carbons (Fsp3) is 0.136. The highest BCUT2D eigenvalue weighted by Crippen LogP contribution is 2.37. The summed E-state index contributed by atoms with van der Waals surface area (Å²) in [4.78, 5) is 4.36. The molecular weight excluding hydrogens is 419 g/mol. The Labute approximate surface area is 176 Å². The van der Waals surface area contributed by atoms with Gasteiger partial charge in [0.2, 0.25) is 5.90 Å². The zero-order chi connectivity index (χ0) is 20.5. The summed E-state index contributed by atoms with van der Waals surface area (Å²) in [7, 11) is 1.51. The molecule has 0 amide bonds. The Balaban J connectivity index is 1.60. The highest BCUT2D eigenvalue weighted by atomic mass is 35.5. The van der Waals surface area contributed by atoms with E-state index in [0.717, 1.165) is 16.7 Å². The Kier molecular flexibility index (Phi) is 5.43. The molecule has 0 aromatic heterocycles. The number of hydrogen-bond donors (Lipinski definition) is 0. The number of nitrogens with zero attached hydrogens (tertiary/aromatic N) is 1. The molecule has 0 spiro atoms. The fourth-order valence-electron chi connectivity index (χ4n) is 3.20. The number of benzene rings is 3. The highest BCUT2D eigenvalue weighted by molar-refractivity contribution is 6.37. The van der Waals surface area contributed by atoms with E-state index in [4.69, 9.17) is 32.7 Å². The van der Waals surface area contributed by atoms with Gasteiger partial charge >= 0.3 is 0 Å².